The molecule has 2 aromatic rings. The number of nitrogens with two attached hydrogens (primary N) is 1. The molecule has 0 spiro atoms. The minimum Gasteiger partial charge on any atom is -0.367 e. The van der Waals surface area contributed by atoms with E-state index in [1.807, 2.05) is 36.6 Å². The maximum atomic E-state index is 11.7. The number of aromatic nitrogens is 1. The van der Waals surface area contributed by atoms with E-state index in [1.54, 1.807) is 13.1 Å². The summed E-state index contributed by atoms with van der Waals surface area (Å²) in [5.41, 5.74) is 6.53. The number of thiazole rings is 1. The summed E-state index contributed by atoms with van der Waals surface area (Å²) < 4.78 is 0. The Balaban J connectivity index is 2.32. The fourth-order valence-corrected chi connectivity index (χ4v) is 2.38. The van der Waals surface area contributed by atoms with Gasteiger partial charge < -0.3 is 11.1 Å². The van der Waals surface area contributed by atoms with Gasteiger partial charge in [0.05, 0.1) is 0 Å². The molecule has 1 heterocycles. The van der Waals surface area contributed by atoms with E-state index in [1.165, 1.54) is 11.3 Å². The summed E-state index contributed by atoms with van der Waals surface area (Å²) in [6.45, 7) is 3.76. The lowest BCUT2D eigenvalue weighted by molar-refractivity contribution is -0.122. The van der Waals surface area contributed by atoms with Crippen LogP contribution in [0, 0.1) is 6.92 Å². The Morgan fingerprint density at radius 2 is 2.06 bits per heavy atom. The van der Waals surface area contributed by atoms with Crippen molar-refractivity contribution in [3.8, 4) is 0 Å². The van der Waals surface area contributed by atoms with Crippen LogP contribution in [0.2, 0.25) is 0 Å². The predicted octanol–water partition coefficient (Wildman–Crippen LogP) is 2.26. The van der Waals surface area contributed by atoms with Crippen LogP contribution in [-0.4, -0.2) is 10.9 Å². The summed E-state index contributed by atoms with van der Waals surface area (Å²) in [4.78, 5) is 15.9. The average molecular weight is 261 g/mol. The number of nitrogens with zero attached hydrogens (tertiary/aromatic N) is 1. The molecule has 0 bridgehead atoms. The summed E-state index contributed by atoms with van der Waals surface area (Å²) in [6, 6.07) is 7.80. The van der Waals surface area contributed by atoms with E-state index in [9.17, 15) is 4.79 Å². The number of primary amides is 1. The van der Waals surface area contributed by atoms with Crippen molar-refractivity contribution < 1.29 is 4.79 Å². The summed E-state index contributed by atoms with van der Waals surface area (Å²) in [6.07, 6.45) is 1.66. The number of carbonyl (C=O) groups is 1. The van der Waals surface area contributed by atoms with Crippen molar-refractivity contribution in [3.05, 3.63) is 46.4 Å². The highest BCUT2D eigenvalue weighted by atomic mass is 32.1. The van der Waals surface area contributed by atoms with Crippen LogP contribution in [0.4, 0.5) is 5.69 Å². The molecule has 4 nitrogen and oxygen atoms in total. The number of aryl methyl sites for hydroxylation is 1. The van der Waals surface area contributed by atoms with Crippen LogP contribution in [0.25, 0.3) is 0 Å². The number of rotatable bonds is 4. The SMILES string of the molecule is Cc1ccc(NC(C)(C(N)=O)c2nccs2)cc1. The third-order valence-electron chi connectivity index (χ3n) is 2.80. The van der Waals surface area contributed by atoms with Gasteiger partial charge in [0.2, 0.25) is 5.91 Å². The van der Waals surface area contributed by atoms with Gasteiger partial charge in [-0.15, -0.1) is 11.3 Å². The molecule has 0 aliphatic rings. The molecule has 94 valence electrons. The van der Waals surface area contributed by atoms with E-state index < -0.39 is 11.4 Å². The number of benzene rings is 1. The first-order valence-corrected chi connectivity index (χ1v) is 6.45. The predicted molar refractivity (Wildman–Crippen MR) is 73.5 cm³/mol. The molecule has 18 heavy (non-hydrogen) atoms. The number of nitrogens with one attached hydrogen (secondary N) is 1. The van der Waals surface area contributed by atoms with Crippen molar-refractivity contribution in [1.82, 2.24) is 4.98 Å². The first-order valence-electron chi connectivity index (χ1n) is 5.57. The molecule has 0 saturated carbocycles. The Morgan fingerprint density at radius 3 is 2.56 bits per heavy atom. The van der Waals surface area contributed by atoms with Crippen LogP contribution >= 0.6 is 11.3 Å². The second-order valence-corrected chi connectivity index (χ2v) is 5.21. The van der Waals surface area contributed by atoms with Crippen LogP contribution < -0.4 is 11.1 Å². The molecule has 0 radical (unpaired) electrons. The number of amides is 1. The van der Waals surface area contributed by atoms with Gasteiger partial charge in [0.25, 0.3) is 0 Å². The molecule has 2 rings (SSSR count). The molecule has 1 amide bonds. The largest absolute Gasteiger partial charge is 0.367 e. The summed E-state index contributed by atoms with van der Waals surface area (Å²) in [5.74, 6) is -0.446. The highest BCUT2D eigenvalue weighted by Gasteiger charge is 2.35. The summed E-state index contributed by atoms with van der Waals surface area (Å²) in [5, 5.41) is 5.65. The maximum absolute atomic E-state index is 11.7. The van der Waals surface area contributed by atoms with E-state index in [4.69, 9.17) is 5.73 Å². The van der Waals surface area contributed by atoms with Crippen LogP contribution in [-0.2, 0) is 10.3 Å². The smallest absolute Gasteiger partial charge is 0.249 e. The Bertz CT molecular complexity index is 536. The lowest BCUT2D eigenvalue weighted by Gasteiger charge is -2.26. The van der Waals surface area contributed by atoms with Gasteiger partial charge in [0.15, 0.2) is 5.54 Å². The van der Waals surface area contributed by atoms with Gasteiger partial charge in [-0.1, -0.05) is 17.7 Å². The van der Waals surface area contributed by atoms with E-state index >= 15 is 0 Å². The van der Waals surface area contributed by atoms with Crippen molar-refractivity contribution in [2.24, 2.45) is 5.73 Å². The first kappa shape index (κ1) is 12.6. The van der Waals surface area contributed by atoms with Crippen LogP contribution in [0.3, 0.4) is 0 Å². The zero-order valence-electron chi connectivity index (χ0n) is 10.3. The first-order chi connectivity index (χ1) is 8.52. The van der Waals surface area contributed by atoms with E-state index in [2.05, 4.69) is 10.3 Å². The number of hydrogen-bond donors (Lipinski definition) is 2. The van der Waals surface area contributed by atoms with Crippen molar-refractivity contribution in [1.29, 1.82) is 0 Å². The Morgan fingerprint density at radius 1 is 1.39 bits per heavy atom. The average Bonchev–Trinajstić information content (AvgIpc) is 2.86. The fraction of sp³-hybridized carbons (Fsp3) is 0.231. The van der Waals surface area contributed by atoms with Gasteiger partial charge >= 0.3 is 0 Å². The lowest BCUT2D eigenvalue weighted by atomic mass is 10.0. The number of carbonyl (C=O) groups excluding carboxylic acids is 1. The highest BCUT2D eigenvalue weighted by molar-refractivity contribution is 7.09. The van der Waals surface area contributed by atoms with Gasteiger partial charge in [0.1, 0.15) is 5.01 Å². The quantitative estimate of drug-likeness (QED) is 0.887. The molecule has 1 unspecified atom stereocenters. The molecular weight excluding hydrogens is 246 g/mol. The van der Waals surface area contributed by atoms with Gasteiger partial charge in [0, 0.05) is 17.3 Å². The second kappa shape index (κ2) is 4.78. The van der Waals surface area contributed by atoms with Crippen LogP contribution in [0.15, 0.2) is 35.8 Å². The fourth-order valence-electron chi connectivity index (χ4n) is 1.62. The molecule has 0 saturated heterocycles. The standard InChI is InChI=1S/C13H15N3OS/c1-9-3-5-10(6-4-9)16-13(2,11(14)17)12-15-7-8-18-12/h3-8,16H,1-2H3,(H2,14,17). The van der Waals surface area contributed by atoms with Crippen molar-refractivity contribution in [2.75, 3.05) is 5.32 Å². The van der Waals surface area contributed by atoms with Gasteiger partial charge in [-0.3, -0.25) is 4.79 Å². The van der Waals surface area contributed by atoms with E-state index in [0.29, 0.717) is 5.01 Å². The third kappa shape index (κ3) is 2.36. The summed E-state index contributed by atoms with van der Waals surface area (Å²) >= 11 is 1.41. The molecule has 1 atom stereocenters. The van der Waals surface area contributed by atoms with Crippen molar-refractivity contribution in [3.63, 3.8) is 0 Å². The summed E-state index contributed by atoms with van der Waals surface area (Å²) in [7, 11) is 0. The lowest BCUT2D eigenvalue weighted by Crippen LogP contribution is -2.45. The molecule has 0 aliphatic carbocycles. The molecule has 1 aromatic carbocycles. The Labute approximate surface area is 110 Å². The Kier molecular flexibility index (Phi) is 3.34. The van der Waals surface area contributed by atoms with Gasteiger partial charge in [-0.25, -0.2) is 4.98 Å². The second-order valence-electron chi connectivity index (χ2n) is 4.32. The van der Waals surface area contributed by atoms with Crippen molar-refractivity contribution in [2.45, 2.75) is 19.4 Å². The topological polar surface area (TPSA) is 68.0 Å². The van der Waals surface area contributed by atoms with E-state index in [-0.39, 0.29) is 0 Å². The Hall–Kier alpha value is -1.88. The zero-order valence-corrected chi connectivity index (χ0v) is 11.1. The number of anilines is 1. The van der Waals surface area contributed by atoms with Crippen molar-refractivity contribution >= 4 is 22.9 Å². The van der Waals surface area contributed by atoms with Crippen LogP contribution in [0.5, 0.6) is 0 Å². The monoisotopic (exact) mass is 261 g/mol. The number of hydrogen-bond acceptors (Lipinski definition) is 4. The molecule has 3 N–H and O–H groups in total. The van der Waals surface area contributed by atoms with Gasteiger partial charge in [-0.05, 0) is 26.0 Å². The highest BCUT2D eigenvalue weighted by Crippen LogP contribution is 2.27. The molecule has 0 aliphatic heterocycles. The maximum Gasteiger partial charge on any atom is 0.249 e. The molecule has 0 fully saturated rings. The normalized spacial score (nSPS) is 13.9. The minimum absolute atomic E-state index is 0.446. The molecule has 1 aromatic heterocycles. The molecular formula is C13H15N3OS. The molecule has 5 heteroatoms. The minimum atomic E-state index is -0.983. The van der Waals surface area contributed by atoms with Gasteiger partial charge in [-0.2, -0.15) is 0 Å². The van der Waals surface area contributed by atoms with E-state index in [0.717, 1.165) is 11.3 Å². The third-order valence-corrected chi connectivity index (χ3v) is 3.79. The zero-order chi connectivity index (χ0) is 13.2. The van der Waals surface area contributed by atoms with Crippen LogP contribution in [0.1, 0.15) is 17.5 Å².